The SMILES string of the molecule is COc1ccc(-c2cc3c(CN4CCN(c5ccccc5F)CC4)ccc(OC)c3o2)cc1. The number of methoxy groups -OCH3 is 2. The largest absolute Gasteiger partial charge is 0.497 e. The number of fused-ring (bicyclic) bond motifs is 1. The van der Waals surface area contributed by atoms with Crippen LogP contribution in [0.4, 0.5) is 10.1 Å². The molecule has 3 aromatic carbocycles. The molecule has 4 aromatic rings. The number of ether oxygens (including phenoxy) is 2. The van der Waals surface area contributed by atoms with E-state index in [0.717, 1.165) is 66.5 Å². The Morgan fingerprint density at radius 3 is 2.33 bits per heavy atom. The van der Waals surface area contributed by atoms with E-state index in [9.17, 15) is 4.39 Å². The minimum atomic E-state index is -0.160. The van der Waals surface area contributed by atoms with Crippen LogP contribution in [0, 0.1) is 5.82 Å². The van der Waals surface area contributed by atoms with E-state index in [-0.39, 0.29) is 5.82 Å². The summed E-state index contributed by atoms with van der Waals surface area (Å²) in [5, 5.41) is 1.05. The molecule has 170 valence electrons. The molecule has 6 heteroatoms. The van der Waals surface area contributed by atoms with Crippen molar-refractivity contribution >= 4 is 16.7 Å². The second-order valence-electron chi connectivity index (χ2n) is 8.22. The number of rotatable bonds is 6. The quantitative estimate of drug-likeness (QED) is 0.387. The van der Waals surface area contributed by atoms with Crippen LogP contribution >= 0.6 is 0 Å². The van der Waals surface area contributed by atoms with Crippen LogP contribution in [0.5, 0.6) is 11.5 Å². The molecule has 1 fully saturated rings. The van der Waals surface area contributed by atoms with Crippen LogP contribution in [0.2, 0.25) is 0 Å². The lowest BCUT2D eigenvalue weighted by molar-refractivity contribution is 0.250. The molecule has 5 nitrogen and oxygen atoms in total. The maximum atomic E-state index is 14.2. The summed E-state index contributed by atoms with van der Waals surface area (Å²) in [6.07, 6.45) is 0. The Morgan fingerprint density at radius 1 is 0.879 bits per heavy atom. The number of piperazine rings is 1. The molecule has 0 bridgehead atoms. The van der Waals surface area contributed by atoms with Crippen LogP contribution in [0.15, 0.2) is 71.1 Å². The Morgan fingerprint density at radius 2 is 1.64 bits per heavy atom. The van der Waals surface area contributed by atoms with Gasteiger partial charge in [0.2, 0.25) is 0 Å². The molecule has 5 rings (SSSR count). The van der Waals surface area contributed by atoms with Crippen LogP contribution in [0.1, 0.15) is 5.56 Å². The van der Waals surface area contributed by atoms with Gasteiger partial charge in [-0.2, -0.15) is 0 Å². The second kappa shape index (κ2) is 9.16. The highest BCUT2D eigenvalue weighted by atomic mass is 19.1. The molecule has 0 unspecified atom stereocenters. The highest BCUT2D eigenvalue weighted by molar-refractivity contribution is 5.90. The van der Waals surface area contributed by atoms with Gasteiger partial charge in [-0.3, -0.25) is 4.90 Å². The Bertz CT molecular complexity index is 1240. The third kappa shape index (κ3) is 4.26. The first-order valence-electron chi connectivity index (χ1n) is 11.1. The van der Waals surface area contributed by atoms with Crippen molar-refractivity contribution in [3.8, 4) is 22.8 Å². The number of benzene rings is 3. The Balaban J connectivity index is 1.37. The summed E-state index contributed by atoms with van der Waals surface area (Å²) in [5.41, 5.74) is 3.61. The summed E-state index contributed by atoms with van der Waals surface area (Å²) in [6.45, 7) is 4.12. The van der Waals surface area contributed by atoms with E-state index >= 15 is 0 Å². The monoisotopic (exact) mass is 446 g/mol. The molecule has 1 aliphatic rings. The average molecular weight is 447 g/mol. The van der Waals surface area contributed by atoms with Crippen molar-refractivity contribution in [3.63, 3.8) is 0 Å². The molecule has 0 atom stereocenters. The van der Waals surface area contributed by atoms with Crippen molar-refractivity contribution in [1.29, 1.82) is 0 Å². The summed E-state index contributed by atoms with van der Waals surface area (Å²) in [4.78, 5) is 4.52. The fourth-order valence-corrected chi connectivity index (χ4v) is 4.45. The zero-order valence-electron chi connectivity index (χ0n) is 18.9. The van der Waals surface area contributed by atoms with Gasteiger partial charge in [-0.1, -0.05) is 18.2 Å². The lowest BCUT2D eigenvalue weighted by Gasteiger charge is -2.36. The first-order chi connectivity index (χ1) is 16.2. The molecule has 1 saturated heterocycles. The highest BCUT2D eigenvalue weighted by Gasteiger charge is 2.21. The minimum Gasteiger partial charge on any atom is -0.497 e. The van der Waals surface area contributed by atoms with Gasteiger partial charge >= 0.3 is 0 Å². The van der Waals surface area contributed by atoms with E-state index in [1.807, 2.05) is 42.5 Å². The number of nitrogens with zero attached hydrogens (tertiary/aromatic N) is 2. The predicted octanol–water partition coefficient (Wildman–Crippen LogP) is 5.58. The van der Waals surface area contributed by atoms with Crippen molar-refractivity contribution < 1.29 is 18.3 Å². The number of hydrogen-bond acceptors (Lipinski definition) is 5. The summed E-state index contributed by atoms with van der Waals surface area (Å²) in [6, 6.07) is 21.0. The molecule has 0 saturated carbocycles. The van der Waals surface area contributed by atoms with Crippen molar-refractivity contribution in [2.24, 2.45) is 0 Å². The van der Waals surface area contributed by atoms with Gasteiger partial charge in [-0.15, -0.1) is 0 Å². The van der Waals surface area contributed by atoms with E-state index in [1.54, 1.807) is 20.3 Å². The smallest absolute Gasteiger partial charge is 0.176 e. The summed E-state index contributed by atoms with van der Waals surface area (Å²) in [7, 11) is 3.31. The Labute approximate surface area is 192 Å². The van der Waals surface area contributed by atoms with Gasteiger partial charge in [-0.05, 0) is 54.1 Å². The second-order valence-corrected chi connectivity index (χ2v) is 8.22. The van der Waals surface area contributed by atoms with Crippen molar-refractivity contribution in [3.05, 3.63) is 78.1 Å². The Hall–Kier alpha value is -3.51. The minimum absolute atomic E-state index is 0.160. The zero-order valence-corrected chi connectivity index (χ0v) is 18.9. The summed E-state index contributed by atoms with van der Waals surface area (Å²) in [5.74, 6) is 2.16. The van der Waals surface area contributed by atoms with Crippen LogP contribution in [0.3, 0.4) is 0 Å². The van der Waals surface area contributed by atoms with Crippen molar-refractivity contribution in [2.75, 3.05) is 45.3 Å². The van der Waals surface area contributed by atoms with Gasteiger partial charge in [0.25, 0.3) is 0 Å². The lowest BCUT2D eigenvalue weighted by atomic mass is 10.1. The molecular weight excluding hydrogens is 419 g/mol. The van der Waals surface area contributed by atoms with Gasteiger partial charge in [-0.25, -0.2) is 4.39 Å². The molecule has 2 heterocycles. The maximum Gasteiger partial charge on any atom is 0.176 e. The highest BCUT2D eigenvalue weighted by Crippen LogP contribution is 2.36. The third-order valence-electron chi connectivity index (χ3n) is 6.29. The van der Waals surface area contributed by atoms with E-state index in [1.165, 1.54) is 11.6 Å². The molecule has 0 radical (unpaired) electrons. The van der Waals surface area contributed by atoms with Crippen LogP contribution < -0.4 is 14.4 Å². The predicted molar refractivity (Wildman–Crippen MR) is 129 cm³/mol. The fourth-order valence-electron chi connectivity index (χ4n) is 4.45. The average Bonchev–Trinajstić information content (AvgIpc) is 3.31. The number of anilines is 1. The van der Waals surface area contributed by atoms with E-state index in [2.05, 4.69) is 21.9 Å². The fraction of sp³-hybridized carbons (Fsp3) is 0.259. The van der Waals surface area contributed by atoms with Gasteiger partial charge in [0, 0.05) is 43.7 Å². The molecule has 1 aliphatic heterocycles. The zero-order chi connectivity index (χ0) is 22.8. The van der Waals surface area contributed by atoms with Gasteiger partial charge in [0.1, 0.15) is 17.3 Å². The molecule has 0 spiro atoms. The number of para-hydroxylation sites is 1. The first-order valence-corrected chi connectivity index (χ1v) is 11.1. The van der Waals surface area contributed by atoms with Crippen molar-refractivity contribution in [1.82, 2.24) is 4.90 Å². The molecule has 0 aliphatic carbocycles. The first kappa shape index (κ1) is 21.3. The lowest BCUT2D eigenvalue weighted by Crippen LogP contribution is -2.46. The van der Waals surface area contributed by atoms with Gasteiger partial charge in [0.05, 0.1) is 19.9 Å². The topological polar surface area (TPSA) is 38.1 Å². The number of hydrogen-bond donors (Lipinski definition) is 0. The van der Waals surface area contributed by atoms with Gasteiger partial charge < -0.3 is 18.8 Å². The summed E-state index contributed by atoms with van der Waals surface area (Å²) >= 11 is 0. The molecule has 33 heavy (non-hydrogen) atoms. The van der Waals surface area contributed by atoms with Crippen molar-refractivity contribution in [2.45, 2.75) is 6.54 Å². The van der Waals surface area contributed by atoms with Crippen LogP contribution in [-0.2, 0) is 6.54 Å². The summed E-state index contributed by atoms with van der Waals surface area (Å²) < 4.78 is 31.2. The van der Waals surface area contributed by atoms with Gasteiger partial charge in [0.15, 0.2) is 11.3 Å². The van der Waals surface area contributed by atoms with E-state index in [0.29, 0.717) is 5.69 Å². The number of furan rings is 1. The molecule has 0 amide bonds. The normalized spacial score (nSPS) is 14.6. The molecular formula is C27H27FN2O3. The number of halogens is 1. The van der Waals surface area contributed by atoms with E-state index in [4.69, 9.17) is 13.9 Å². The maximum absolute atomic E-state index is 14.2. The third-order valence-corrected chi connectivity index (χ3v) is 6.29. The van der Waals surface area contributed by atoms with Crippen LogP contribution in [-0.4, -0.2) is 45.3 Å². The molecule has 1 aromatic heterocycles. The standard InChI is InChI=1S/C27H27FN2O3/c1-31-21-10-7-19(8-11-21)26-17-22-20(9-12-25(32-2)27(22)33-26)18-29-13-15-30(16-14-29)24-6-4-3-5-23(24)28/h3-12,17H,13-16,18H2,1-2H3. The van der Waals surface area contributed by atoms with Crippen LogP contribution in [0.25, 0.3) is 22.3 Å². The molecule has 0 N–H and O–H groups in total. The van der Waals surface area contributed by atoms with E-state index < -0.39 is 0 Å². The Kier molecular flexibility index (Phi) is 5.92.